The van der Waals surface area contributed by atoms with Crippen LogP contribution in [0.2, 0.25) is 0 Å². The summed E-state index contributed by atoms with van der Waals surface area (Å²) in [6, 6.07) is 3.71. The van der Waals surface area contributed by atoms with Crippen LogP contribution in [0.1, 0.15) is 44.2 Å². The van der Waals surface area contributed by atoms with Crippen LogP contribution in [0, 0.1) is 24.7 Å². The number of hydrogen-bond acceptors (Lipinski definition) is 7. The Morgan fingerprint density at radius 3 is 2.37 bits per heavy atom. The minimum absolute atomic E-state index is 0.367. The summed E-state index contributed by atoms with van der Waals surface area (Å²) in [5, 5.41) is 26.8. The Hall–Kier alpha value is -3.38. The molecule has 2 atom stereocenters. The summed E-state index contributed by atoms with van der Waals surface area (Å²) in [4.78, 5) is 32.1. The highest BCUT2D eigenvalue weighted by Gasteiger charge is 2.38. The first kappa shape index (κ1) is 26.2. The van der Waals surface area contributed by atoms with Gasteiger partial charge >= 0.3 is 18.1 Å². The molecule has 1 saturated carbocycles. The fourth-order valence-electron chi connectivity index (χ4n) is 4.65. The molecule has 0 unspecified atom stereocenters. The van der Waals surface area contributed by atoms with E-state index in [-0.39, 0.29) is 5.92 Å². The third-order valence-corrected chi connectivity index (χ3v) is 6.28. The van der Waals surface area contributed by atoms with E-state index in [0.717, 1.165) is 24.5 Å². The molecule has 2 aliphatic rings. The zero-order valence-corrected chi connectivity index (χ0v) is 19.3. The van der Waals surface area contributed by atoms with E-state index in [4.69, 9.17) is 9.90 Å². The topological polar surface area (TPSA) is 144 Å². The number of hydrogen-bond donors (Lipinski definition) is 4. The molecule has 13 heteroatoms. The van der Waals surface area contributed by atoms with Gasteiger partial charge in [0.05, 0.1) is 12.1 Å². The van der Waals surface area contributed by atoms with Gasteiger partial charge < -0.3 is 20.4 Å². The molecule has 1 aliphatic carbocycles. The number of aromatic nitrogens is 4. The Balaban J connectivity index is 0.000000429. The number of nitrogens with zero attached hydrogens (tertiary/aromatic N) is 4. The first-order valence-electron chi connectivity index (χ1n) is 11.4. The zero-order chi connectivity index (χ0) is 25.6. The van der Waals surface area contributed by atoms with E-state index in [1.807, 2.05) is 19.1 Å². The standard InChI is InChI=1S/C20H28N6O2.C2HF3O2/c1-13-9-18(23-17-7-8-21-25-17)24-20(22-13)26-11-15(10-16(12-26)19(27)28)14-5-3-2-4-6-14;3-2(4,5)1(6)7/h7-9,14-16H,2-6,10-12H2,1H3,(H,27,28)(H2,21,22,23,24,25);(H,6,7)/t15-,16+;/m1./s1. The lowest BCUT2D eigenvalue weighted by Gasteiger charge is -2.41. The average Bonchev–Trinajstić information content (AvgIpc) is 3.32. The number of aliphatic carboxylic acids is 2. The van der Waals surface area contributed by atoms with Gasteiger partial charge in [0.25, 0.3) is 0 Å². The van der Waals surface area contributed by atoms with E-state index in [1.54, 1.807) is 6.20 Å². The van der Waals surface area contributed by atoms with Gasteiger partial charge in [0.1, 0.15) is 11.6 Å². The van der Waals surface area contributed by atoms with Crippen molar-refractivity contribution in [3.05, 3.63) is 24.0 Å². The van der Waals surface area contributed by atoms with Crippen molar-refractivity contribution in [2.24, 2.45) is 17.8 Å². The molecule has 35 heavy (non-hydrogen) atoms. The molecule has 0 amide bonds. The van der Waals surface area contributed by atoms with Crippen molar-refractivity contribution in [2.75, 3.05) is 23.3 Å². The highest BCUT2D eigenvalue weighted by molar-refractivity contribution is 5.73. The molecule has 4 rings (SSSR count). The second-order valence-electron chi connectivity index (χ2n) is 8.93. The number of halogens is 3. The van der Waals surface area contributed by atoms with Gasteiger partial charge in [-0.15, -0.1) is 0 Å². The highest BCUT2D eigenvalue weighted by Crippen LogP contribution is 2.37. The fraction of sp³-hybridized carbons (Fsp3) is 0.591. The van der Waals surface area contributed by atoms with Gasteiger partial charge in [-0.2, -0.15) is 23.3 Å². The van der Waals surface area contributed by atoms with Gasteiger partial charge in [-0.3, -0.25) is 9.89 Å². The van der Waals surface area contributed by atoms with Crippen molar-refractivity contribution < 1.29 is 33.0 Å². The minimum atomic E-state index is -5.08. The van der Waals surface area contributed by atoms with E-state index in [0.29, 0.717) is 30.1 Å². The summed E-state index contributed by atoms with van der Waals surface area (Å²) in [6.45, 7) is 3.23. The number of alkyl halides is 3. The lowest BCUT2D eigenvalue weighted by atomic mass is 9.74. The number of carboxylic acids is 2. The average molecular weight is 499 g/mol. The lowest BCUT2D eigenvalue weighted by molar-refractivity contribution is -0.192. The maximum absolute atomic E-state index is 11.8. The van der Waals surface area contributed by atoms with E-state index in [2.05, 4.69) is 30.4 Å². The molecule has 192 valence electrons. The first-order chi connectivity index (χ1) is 16.5. The van der Waals surface area contributed by atoms with Gasteiger partial charge in [-0.25, -0.2) is 9.78 Å². The number of carbonyl (C=O) groups is 2. The Bertz CT molecular complexity index is 996. The van der Waals surface area contributed by atoms with Crippen molar-refractivity contribution >= 4 is 29.5 Å². The first-order valence-corrected chi connectivity index (χ1v) is 11.4. The number of carboxylic acid groups (broad SMARTS) is 2. The van der Waals surface area contributed by atoms with Gasteiger partial charge in [0.2, 0.25) is 5.95 Å². The molecule has 0 radical (unpaired) electrons. The van der Waals surface area contributed by atoms with Crippen LogP contribution < -0.4 is 10.2 Å². The molecule has 0 spiro atoms. The predicted octanol–water partition coefficient (Wildman–Crippen LogP) is 3.99. The number of aromatic amines is 1. The summed E-state index contributed by atoms with van der Waals surface area (Å²) < 4.78 is 31.7. The molecule has 2 aromatic rings. The van der Waals surface area contributed by atoms with Crippen molar-refractivity contribution in [1.82, 2.24) is 20.2 Å². The van der Waals surface area contributed by atoms with Gasteiger partial charge in [-0.1, -0.05) is 32.1 Å². The Labute approximate surface area is 200 Å². The molecule has 2 fully saturated rings. The maximum atomic E-state index is 11.8. The third kappa shape index (κ3) is 7.55. The number of rotatable bonds is 5. The van der Waals surface area contributed by atoms with Crippen LogP contribution in [-0.4, -0.2) is 61.6 Å². The molecule has 0 aromatic carbocycles. The molecule has 1 aliphatic heterocycles. The molecule has 10 nitrogen and oxygen atoms in total. The third-order valence-electron chi connectivity index (χ3n) is 6.28. The summed E-state index contributed by atoms with van der Waals surface area (Å²) in [5.74, 6) is -0.789. The van der Waals surface area contributed by atoms with Gasteiger partial charge in [0.15, 0.2) is 0 Å². The second kappa shape index (κ2) is 11.4. The normalized spacial score (nSPS) is 21.1. The predicted molar refractivity (Wildman–Crippen MR) is 120 cm³/mol. The molecule has 4 N–H and O–H groups in total. The Morgan fingerprint density at radius 2 is 1.80 bits per heavy atom. The van der Waals surface area contributed by atoms with Crippen LogP contribution in [0.5, 0.6) is 0 Å². The highest BCUT2D eigenvalue weighted by atomic mass is 19.4. The van der Waals surface area contributed by atoms with Crippen molar-refractivity contribution in [1.29, 1.82) is 0 Å². The molecule has 3 heterocycles. The van der Waals surface area contributed by atoms with Crippen molar-refractivity contribution in [3.8, 4) is 0 Å². The van der Waals surface area contributed by atoms with E-state index in [9.17, 15) is 23.1 Å². The Kier molecular flexibility index (Phi) is 8.52. The van der Waals surface area contributed by atoms with Crippen LogP contribution in [0.15, 0.2) is 18.3 Å². The van der Waals surface area contributed by atoms with Crippen molar-refractivity contribution in [2.45, 2.75) is 51.6 Å². The summed E-state index contributed by atoms with van der Waals surface area (Å²) >= 11 is 0. The number of nitrogens with one attached hydrogen (secondary N) is 2. The molecule has 1 saturated heterocycles. The quantitative estimate of drug-likeness (QED) is 0.481. The van der Waals surface area contributed by atoms with Crippen LogP contribution in [-0.2, 0) is 9.59 Å². The fourth-order valence-corrected chi connectivity index (χ4v) is 4.65. The molecule has 2 aromatic heterocycles. The summed E-state index contributed by atoms with van der Waals surface area (Å²) in [6.07, 6.45) is 3.61. The molecular formula is C22H29F3N6O4. The van der Waals surface area contributed by atoms with Crippen LogP contribution in [0.3, 0.4) is 0 Å². The summed E-state index contributed by atoms with van der Waals surface area (Å²) in [7, 11) is 0. The zero-order valence-electron chi connectivity index (χ0n) is 19.3. The summed E-state index contributed by atoms with van der Waals surface area (Å²) in [5.41, 5.74) is 0.846. The number of anilines is 3. The van der Waals surface area contributed by atoms with Crippen molar-refractivity contribution in [3.63, 3.8) is 0 Å². The molecular weight excluding hydrogens is 469 g/mol. The van der Waals surface area contributed by atoms with Gasteiger partial charge in [0, 0.05) is 30.9 Å². The SMILES string of the molecule is Cc1cc(Nc2ccn[nH]2)nc(N2C[C@@H](C(=O)O)C[C@@H](C3CCCCC3)C2)n1.O=C(O)C(F)(F)F. The van der Waals surface area contributed by atoms with Crippen LogP contribution in [0.4, 0.5) is 30.8 Å². The smallest absolute Gasteiger partial charge is 0.481 e. The van der Waals surface area contributed by atoms with Crippen LogP contribution >= 0.6 is 0 Å². The van der Waals surface area contributed by atoms with E-state index >= 15 is 0 Å². The second-order valence-corrected chi connectivity index (χ2v) is 8.93. The monoisotopic (exact) mass is 498 g/mol. The number of piperidine rings is 1. The lowest BCUT2D eigenvalue weighted by Crippen LogP contribution is -2.46. The Morgan fingerprint density at radius 1 is 1.11 bits per heavy atom. The minimum Gasteiger partial charge on any atom is -0.481 e. The molecule has 0 bridgehead atoms. The maximum Gasteiger partial charge on any atom is 0.490 e. The van der Waals surface area contributed by atoms with E-state index in [1.165, 1.54) is 32.1 Å². The van der Waals surface area contributed by atoms with Crippen LogP contribution in [0.25, 0.3) is 0 Å². The van der Waals surface area contributed by atoms with Gasteiger partial charge in [-0.05, 0) is 25.2 Å². The number of aryl methyl sites for hydroxylation is 1. The van der Waals surface area contributed by atoms with E-state index < -0.39 is 18.1 Å². The largest absolute Gasteiger partial charge is 0.490 e. The number of H-pyrrole nitrogens is 1.